The van der Waals surface area contributed by atoms with Crippen LogP contribution in [0.5, 0.6) is 0 Å². The molecule has 8 nitrogen and oxygen atoms in total. The van der Waals surface area contributed by atoms with Gasteiger partial charge in [0.15, 0.2) is 17.0 Å². The number of furan rings is 1. The maximum absolute atomic E-state index is 12.3. The highest BCUT2D eigenvalue weighted by Gasteiger charge is 2.79. The molecule has 3 N–H and O–H groups in total. The van der Waals surface area contributed by atoms with E-state index < -0.39 is 48.5 Å². The van der Waals surface area contributed by atoms with Crippen LogP contribution in [0, 0.1) is 0 Å². The molecule has 2 aliphatic rings. The molecule has 0 amide bonds. The molecule has 0 radical (unpaired) electrons. The van der Waals surface area contributed by atoms with Gasteiger partial charge in [-0.15, -0.1) is 6.58 Å². The van der Waals surface area contributed by atoms with E-state index in [0.29, 0.717) is 12.8 Å². The molecule has 2 aliphatic heterocycles. The minimum absolute atomic E-state index is 0.0833. The molecular formula is C30H34O8. The molecule has 5 rings (SSSR count). The first-order chi connectivity index (χ1) is 18.5. The fourth-order valence-corrected chi connectivity index (χ4v) is 5.67. The SMILES string of the molecule is C=CCC[C@]12O[C@H](CO)[C@@](O)(c3ccco3)[C@](CO)(O1)[C@H](OCc1ccccc1)[C@H]2OCc1ccccc1. The highest BCUT2D eigenvalue weighted by atomic mass is 16.8. The summed E-state index contributed by atoms with van der Waals surface area (Å²) in [6.45, 7) is 3.00. The van der Waals surface area contributed by atoms with Crippen molar-refractivity contribution in [3.8, 4) is 0 Å². The van der Waals surface area contributed by atoms with Crippen molar-refractivity contribution in [3.63, 3.8) is 0 Å². The average molecular weight is 523 g/mol. The third-order valence-corrected chi connectivity index (χ3v) is 7.52. The van der Waals surface area contributed by atoms with E-state index >= 15 is 0 Å². The molecule has 0 spiro atoms. The summed E-state index contributed by atoms with van der Waals surface area (Å²) >= 11 is 0. The monoisotopic (exact) mass is 522 g/mol. The van der Waals surface area contributed by atoms with Gasteiger partial charge in [-0.3, -0.25) is 0 Å². The number of benzene rings is 2. The highest BCUT2D eigenvalue weighted by molar-refractivity contribution is 5.29. The molecule has 6 atom stereocenters. The fourth-order valence-electron chi connectivity index (χ4n) is 5.67. The van der Waals surface area contributed by atoms with E-state index in [4.69, 9.17) is 23.4 Å². The normalized spacial score (nSPS) is 32.3. The van der Waals surface area contributed by atoms with Gasteiger partial charge >= 0.3 is 0 Å². The third kappa shape index (κ3) is 4.42. The van der Waals surface area contributed by atoms with Crippen molar-refractivity contribution >= 4 is 0 Å². The molecule has 0 aliphatic carbocycles. The predicted octanol–water partition coefficient (Wildman–Crippen LogP) is 3.45. The van der Waals surface area contributed by atoms with Crippen molar-refractivity contribution in [1.29, 1.82) is 0 Å². The van der Waals surface area contributed by atoms with Crippen molar-refractivity contribution in [3.05, 3.63) is 109 Å². The van der Waals surface area contributed by atoms with Gasteiger partial charge in [0.2, 0.25) is 0 Å². The standard InChI is InChI=1S/C30H34O8/c1-2-3-16-29-27(36-20-23-13-8-5-9-14-23)26(35-19-22-11-6-4-7-12-22)28(21-32,38-29)30(33,25(18-31)37-29)24-15-10-17-34-24/h2,4-15,17,25-27,31-33H,1,3,16,18-21H2/t25-,26-,27-,28-,29+,30+/m1/s1. The van der Waals surface area contributed by atoms with E-state index in [-0.39, 0.29) is 19.0 Å². The molecule has 0 unspecified atom stereocenters. The van der Waals surface area contributed by atoms with Crippen LogP contribution in [0.4, 0.5) is 0 Å². The zero-order valence-corrected chi connectivity index (χ0v) is 21.1. The van der Waals surface area contributed by atoms with Gasteiger partial charge in [-0.1, -0.05) is 66.7 Å². The number of allylic oxidation sites excluding steroid dienone is 1. The summed E-state index contributed by atoms with van der Waals surface area (Å²) in [5, 5.41) is 33.8. The molecule has 8 heteroatoms. The molecule has 2 bridgehead atoms. The number of hydrogen-bond donors (Lipinski definition) is 3. The van der Waals surface area contributed by atoms with Gasteiger partial charge in [-0.2, -0.15) is 0 Å². The van der Waals surface area contributed by atoms with Crippen LogP contribution in [0.1, 0.15) is 29.7 Å². The van der Waals surface area contributed by atoms with E-state index in [1.54, 1.807) is 18.2 Å². The second-order valence-corrected chi connectivity index (χ2v) is 9.76. The van der Waals surface area contributed by atoms with Crippen LogP contribution in [0.25, 0.3) is 0 Å². The molecule has 2 saturated heterocycles. The summed E-state index contributed by atoms with van der Waals surface area (Å²) in [4.78, 5) is 0. The Balaban J connectivity index is 1.61. The van der Waals surface area contributed by atoms with E-state index in [0.717, 1.165) is 11.1 Å². The Morgan fingerprint density at radius 3 is 2.03 bits per heavy atom. The summed E-state index contributed by atoms with van der Waals surface area (Å²) in [5.74, 6) is -1.36. The van der Waals surface area contributed by atoms with Crippen molar-refractivity contribution in [1.82, 2.24) is 0 Å². The molecule has 38 heavy (non-hydrogen) atoms. The lowest BCUT2D eigenvalue weighted by Crippen LogP contribution is -2.70. The van der Waals surface area contributed by atoms with Crippen molar-refractivity contribution in [2.45, 2.75) is 61.4 Å². The summed E-state index contributed by atoms with van der Waals surface area (Å²) < 4.78 is 31.6. The average Bonchev–Trinajstić information content (AvgIpc) is 3.58. The summed E-state index contributed by atoms with van der Waals surface area (Å²) in [6.07, 6.45) is 0.848. The smallest absolute Gasteiger partial charge is 0.199 e. The summed E-state index contributed by atoms with van der Waals surface area (Å²) in [5.41, 5.74) is -2.06. The highest BCUT2D eigenvalue weighted by Crippen LogP contribution is 2.59. The Morgan fingerprint density at radius 1 is 0.868 bits per heavy atom. The molecule has 3 heterocycles. The first kappa shape index (κ1) is 26.8. The van der Waals surface area contributed by atoms with E-state index in [1.165, 1.54) is 6.26 Å². The summed E-state index contributed by atoms with van der Waals surface area (Å²) in [6, 6.07) is 22.4. The van der Waals surface area contributed by atoms with Gasteiger partial charge < -0.3 is 38.7 Å². The number of rotatable bonds is 12. The van der Waals surface area contributed by atoms with Crippen molar-refractivity contribution in [2.24, 2.45) is 0 Å². The van der Waals surface area contributed by atoms with Gasteiger partial charge in [0.25, 0.3) is 0 Å². The Hall–Kier alpha value is -2.82. The second-order valence-electron chi connectivity index (χ2n) is 9.76. The molecule has 2 aromatic carbocycles. The molecule has 3 aromatic rings. The molecule has 1 aromatic heterocycles. The lowest BCUT2D eigenvalue weighted by molar-refractivity contribution is -0.410. The lowest BCUT2D eigenvalue weighted by Gasteiger charge is -2.53. The zero-order valence-electron chi connectivity index (χ0n) is 21.1. The molecule has 0 saturated carbocycles. The van der Waals surface area contributed by atoms with Crippen LogP contribution in [0.15, 0.2) is 96.1 Å². The van der Waals surface area contributed by atoms with Gasteiger partial charge in [0.05, 0.1) is 32.7 Å². The Kier molecular flexibility index (Phi) is 7.83. The maximum Gasteiger partial charge on any atom is 0.199 e. The summed E-state index contributed by atoms with van der Waals surface area (Å²) in [7, 11) is 0. The second kappa shape index (κ2) is 11.1. The lowest BCUT2D eigenvalue weighted by atomic mass is 9.73. The fraction of sp³-hybridized carbons (Fsp3) is 0.400. The Morgan fingerprint density at radius 2 is 1.50 bits per heavy atom. The van der Waals surface area contributed by atoms with Crippen LogP contribution in [-0.2, 0) is 37.8 Å². The van der Waals surface area contributed by atoms with E-state index in [9.17, 15) is 15.3 Å². The molecule has 2 fully saturated rings. The van der Waals surface area contributed by atoms with E-state index in [2.05, 4.69) is 6.58 Å². The largest absolute Gasteiger partial charge is 0.466 e. The van der Waals surface area contributed by atoms with Crippen molar-refractivity contribution in [2.75, 3.05) is 13.2 Å². The van der Waals surface area contributed by atoms with E-state index in [1.807, 2.05) is 60.7 Å². The van der Waals surface area contributed by atoms with Gasteiger partial charge in [0, 0.05) is 6.42 Å². The zero-order chi connectivity index (χ0) is 26.6. The van der Waals surface area contributed by atoms with Crippen LogP contribution in [-0.4, -0.2) is 58.2 Å². The number of aliphatic hydroxyl groups excluding tert-OH is 2. The molecule has 202 valence electrons. The number of aliphatic hydroxyl groups is 3. The Labute approximate surface area is 222 Å². The predicted molar refractivity (Wildman–Crippen MR) is 138 cm³/mol. The molecular weight excluding hydrogens is 488 g/mol. The topological polar surface area (TPSA) is 111 Å². The van der Waals surface area contributed by atoms with Gasteiger partial charge in [-0.25, -0.2) is 0 Å². The van der Waals surface area contributed by atoms with Gasteiger partial charge in [-0.05, 0) is 29.7 Å². The van der Waals surface area contributed by atoms with Crippen molar-refractivity contribution < 1.29 is 38.7 Å². The number of fused-ring (bicyclic) bond motifs is 2. The number of ether oxygens (including phenoxy) is 4. The van der Waals surface area contributed by atoms with Crippen LogP contribution < -0.4 is 0 Å². The van der Waals surface area contributed by atoms with Crippen LogP contribution in [0.2, 0.25) is 0 Å². The minimum atomic E-state index is -2.09. The first-order valence-electron chi connectivity index (χ1n) is 12.8. The first-order valence-corrected chi connectivity index (χ1v) is 12.8. The Bertz CT molecular complexity index is 1170. The minimum Gasteiger partial charge on any atom is -0.466 e. The third-order valence-electron chi connectivity index (χ3n) is 7.52. The number of hydrogen-bond acceptors (Lipinski definition) is 8. The van der Waals surface area contributed by atoms with Crippen LogP contribution in [0.3, 0.4) is 0 Å². The van der Waals surface area contributed by atoms with Gasteiger partial charge in [0.1, 0.15) is 24.1 Å². The maximum atomic E-state index is 12.3. The van der Waals surface area contributed by atoms with Crippen LogP contribution >= 0.6 is 0 Å². The quantitative estimate of drug-likeness (QED) is 0.310.